The SMILES string of the molecule is O=C1C[C@@H]2CC3(CCN(C[C@@H]4C[C@H]5C=C[C@H]4C5)CC3)c3ccccc3[C@@H]2N1. The molecule has 3 nitrogen and oxygen atoms in total. The van der Waals surface area contributed by atoms with Crippen molar-refractivity contribution < 1.29 is 4.79 Å². The van der Waals surface area contributed by atoms with Crippen molar-refractivity contribution in [3.05, 3.63) is 47.5 Å². The van der Waals surface area contributed by atoms with Crippen LogP contribution < -0.4 is 5.32 Å². The molecule has 5 aliphatic rings. The van der Waals surface area contributed by atoms with Gasteiger partial charge < -0.3 is 10.2 Å². The standard InChI is InChI=1S/C24H30N2O/c27-22-13-18-14-24(21-4-2-1-3-20(21)23(18)25-22)7-9-26(10-8-24)15-19-12-16-5-6-17(19)11-16/h1-6,16-19,23H,7-15H2,(H,25,27)/t16-,17-,18+,19-,23+/m0/s1. The molecule has 0 aromatic heterocycles. The van der Waals surface area contributed by atoms with Crippen LogP contribution in [0.2, 0.25) is 0 Å². The summed E-state index contributed by atoms with van der Waals surface area (Å²) in [5, 5.41) is 3.25. The van der Waals surface area contributed by atoms with E-state index in [-0.39, 0.29) is 11.9 Å². The first kappa shape index (κ1) is 16.4. The summed E-state index contributed by atoms with van der Waals surface area (Å²) < 4.78 is 0. The number of hydrogen-bond donors (Lipinski definition) is 1. The van der Waals surface area contributed by atoms with Crippen molar-refractivity contribution in [2.24, 2.45) is 23.7 Å². The summed E-state index contributed by atoms with van der Waals surface area (Å²) in [7, 11) is 0. The Labute approximate surface area is 162 Å². The second-order valence-corrected chi connectivity index (χ2v) is 9.92. The first-order chi connectivity index (χ1) is 13.2. The molecule has 2 aliphatic heterocycles. The molecule has 1 N–H and O–H groups in total. The average molecular weight is 363 g/mol. The van der Waals surface area contributed by atoms with E-state index in [4.69, 9.17) is 0 Å². The van der Waals surface area contributed by atoms with E-state index >= 15 is 0 Å². The predicted molar refractivity (Wildman–Crippen MR) is 106 cm³/mol. The minimum absolute atomic E-state index is 0.249. The third-order valence-electron chi connectivity index (χ3n) is 8.48. The fourth-order valence-electron chi connectivity index (χ4n) is 7.16. The lowest BCUT2D eigenvalue weighted by Crippen LogP contribution is -2.48. The maximum absolute atomic E-state index is 12.1. The highest BCUT2D eigenvalue weighted by atomic mass is 16.2. The van der Waals surface area contributed by atoms with E-state index in [0.29, 0.717) is 11.3 Å². The minimum atomic E-state index is 0.249. The molecule has 3 aliphatic carbocycles. The number of nitrogens with zero attached hydrogens (tertiary/aromatic N) is 1. The van der Waals surface area contributed by atoms with Gasteiger partial charge >= 0.3 is 0 Å². The number of nitrogens with one attached hydrogen (secondary N) is 1. The zero-order chi connectivity index (χ0) is 18.0. The molecule has 6 rings (SSSR count). The lowest BCUT2D eigenvalue weighted by atomic mass is 9.60. The van der Waals surface area contributed by atoms with Crippen LogP contribution in [0.25, 0.3) is 0 Å². The van der Waals surface area contributed by atoms with E-state index in [1.54, 1.807) is 0 Å². The van der Waals surface area contributed by atoms with Gasteiger partial charge in [0.15, 0.2) is 0 Å². The zero-order valence-electron chi connectivity index (χ0n) is 16.1. The van der Waals surface area contributed by atoms with E-state index in [0.717, 1.165) is 24.2 Å². The molecule has 1 aromatic carbocycles. The molecule has 1 aromatic rings. The van der Waals surface area contributed by atoms with Crippen molar-refractivity contribution in [2.75, 3.05) is 19.6 Å². The summed E-state index contributed by atoms with van der Waals surface area (Å²) in [5.41, 5.74) is 3.25. The molecule has 2 bridgehead atoms. The largest absolute Gasteiger partial charge is 0.349 e. The Hall–Kier alpha value is -1.61. The number of likely N-dealkylation sites (tertiary alicyclic amines) is 1. The summed E-state index contributed by atoms with van der Waals surface area (Å²) >= 11 is 0. The summed E-state index contributed by atoms with van der Waals surface area (Å²) in [6, 6.07) is 9.24. The number of rotatable bonds is 2. The molecule has 3 fully saturated rings. The Morgan fingerprint density at radius 1 is 1.11 bits per heavy atom. The Kier molecular flexibility index (Phi) is 3.60. The quantitative estimate of drug-likeness (QED) is 0.812. The van der Waals surface area contributed by atoms with Crippen LogP contribution in [0.3, 0.4) is 0 Å². The molecule has 0 radical (unpaired) electrons. The van der Waals surface area contributed by atoms with Gasteiger partial charge in [-0.1, -0.05) is 36.4 Å². The van der Waals surface area contributed by atoms with Crippen molar-refractivity contribution in [1.29, 1.82) is 0 Å². The number of amides is 1. The fourth-order valence-corrected chi connectivity index (χ4v) is 7.16. The Bertz CT molecular complexity index is 791. The maximum atomic E-state index is 12.1. The third-order valence-corrected chi connectivity index (χ3v) is 8.48. The third kappa shape index (κ3) is 2.54. The fraction of sp³-hybridized carbons (Fsp3) is 0.625. The van der Waals surface area contributed by atoms with Gasteiger partial charge in [0.2, 0.25) is 5.91 Å². The van der Waals surface area contributed by atoms with Gasteiger partial charge in [0.25, 0.3) is 0 Å². The van der Waals surface area contributed by atoms with Crippen molar-refractivity contribution in [2.45, 2.75) is 50.0 Å². The molecule has 1 saturated carbocycles. The van der Waals surface area contributed by atoms with E-state index in [9.17, 15) is 4.79 Å². The molecule has 2 saturated heterocycles. The van der Waals surface area contributed by atoms with E-state index in [1.165, 1.54) is 62.9 Å². The molecule has 142 valence electrons. The summed E-state index contributed by atoms with van der Waals surface area (Å²) in [4.78, 5) is 14.8. The van der Waals surface area contributed by atoms with Crippen molar-refractivity contribution in [3.63, 3.8) is 0 Å². The molecule has 2 heterocycles. The lowest BCUT2D eigenvalue weighted by Gasteiger charge is -2.49. The van der Waals surface area contributed by atoms with Gasteiger partial charge in [-0.05, 0) is 85.4 Å². The summed E-state index contributed by atoms with van der Waals surface area (Å²) in [6.45, 7) is 3.75. The first-order valence-corrected chi connectivity index (χ1v) is 11.0. The smallest absolute Gasteiger partial charge is 0.220 e. The Morgan fingerprint density at radius 3 is 2.74 bits per heavy atom. The number of fused-ring (bicyclic) bond motifs is 6. The number of allylic oxidation sites excluding steroid dienone is 2. The van der Waals surface area contributed by atoms with Gasteiger partial charge in [-0.25, -0.2) is 0 Å². The maximum Gasteiger partial charge on any atom is 0.220 e. The van der Waals surface area contributed by atoms with Gasteiger partial charge in [0.1, 0.15) is 0 Å². The second-order valence-electron chi connectivity index (χ2n) is 9.92. The van der Waals surface area contributed by atoms with Crippen LogP contribution >= 0.6 is 0 Å². The number of piperidine rings is 1. The monoisotopic (exact) mass is 362 g/mol. The van der Waals surface area contributed by atoms with Crippen LogP contribution in [-0.4, -0.2) is 30.4 Å². The summed E-state index contributed by atoms with van der Waals surface area (Å²) in [6.07, 6.45) is 12.2. The lowest BCUT2D eigenvalue weighted by molar-refractivity contribution is -0.119. The van der Waals surface area contributed by atoms with Crippen LogP contribution in [0.5, 0.6) is 0 Å². The van der Waals surface area contributed by atoms with Crippen molar-refractivity contribution in [1.82, 2.24) is 10.2 Å². The summed E-state index contributed by atoms with van der Waals surface area (Å²) in [5.74, 6) is 3.38. The number of carbonyl (C=O) groups excluding carboxylic acids is 1. The average Bonchev–Trinajstić information content (AvgIpc) is 3.39. The van der Waals surface area contributed by atoms with Crippen molar-refractivity contribution >= 4 is 5.91 Å². The zero-order valence-corrected chi connectivity index (χ0v) is 16.1. The second kappa shape index (κ2) is 5.94. The molecule has 5 atom stereocenters. The van der Waals surface area contributed by atoms with Gasteiger partial charge in [-0.3, -0.25) is 4.79 Å². The number of hydrogen-bond acceptors (Lipinski definition) is 2. The van der Waals surface area contributed by atoms with Crippen LogP contribution in [-0.2, 0) is 10.2 Å². The van der Waals surface area contributed by atoms with E-state index in [1.807, 2.05) is 0 Å². The van der Waals surface area contributed by atoms with Crippen LogP contribution in [0.15, 0.2) is 36.4 Å². The molecular weight excluding hydrogens is 332 g/mol. The van der Waals surface area contributed by atoms with Gasteiger partial charge in [0.05, 0.1) is 6.04 Å². The predicted octanol–water partition coefficient (Wildman–Crippen LogP) is 3.81. The van der Waals surface area contributed by atoms with Gasteiger partial charge in [-0.2, -0.15) is 0 Å². The first-order valence-electron chi connectivity index (χ1n) is 11.0. The minimum Gasteiger partial charge on any atom is -0.349 e. The van der Waals surface area contributed by atoms with E-state index in [2.05, 4.69) is 46.6 Å². The highest BCUT2D eigenvalue weighted by molar-refractivity contribution is 5.80. The van der Waals surface area contributed by atoms with Gasteiger partial charge in [0, 0.05) is 13.0 Å². The van der Waals surface area contributed by atoms with Crippen LogP contribution in [0.4, 0.5) is 0 Å². The highest BCUT2D eigenvalue weighted by Crippen LogP contribution is 2.53. The topological polar surface area (TPSA) is 32.3 Å². The molecule has 0 unspecified atom stereocenters. The molecular formula is C24H30N2O. The van der Waals surface area contributed by atoms with Gasteiger partial charge in [-0.15, -0.1) is 0 Å². The molecule has 1 spiro atoms. The van der Waals surface area contributed by atoms with E-state index < -0.39 is 0 Å². The normalized spacial score (nSPS) is 38.8. The number of carbonyl (C=O) groups is 1. The van der Waals surface area contributed by atoms with Crippen molar-refractivity contribution in [3.8, 4) is 0 Å². The highest BCUT2D eigenvalue weighted by Gasteiger charge is 2.49. The van der Waals surface area contributed by atoms with Crippen LogP contribution in [0, 0.1) is 23.7 Å². The Balaban J connectivity index is 1.21. The molecule has 27 heavy (non-hydrogen) atoms. The molecule has 3 heteroatoms. The van der Waals surface area contributed by atoms with Crippen LogP contribution in [0.1, 0.15) is 55.7 Å². The number of benzene rings is 1. The Morgan fingerprint density at radius 2 is 1.96 bits per heavy atom. The molecule has 1 amide bonds.